The summed E-state index contributed by atoms with van der Waals surface area (Å²) in [6.45, 7) is 3.93. The third-order valence-electron chi connectivity index (χ3n) is 1.70. The maximum atomic E-state index is 12.1. The molecule has 0 atom stereocenters. The van der Waals surface area contributed by atoms with Crippen molar-refractivity contribution in [3.8, 4) is 0 Å². The largest absolute Gasteiger partial charge is 0.280 e. The van der Waals surface area contributed by atoms with Crippen molar-refractivity contribution in [1.29, 1.82) is 0 Å². The van der Waals surface area contributed by atoms with E-state index in [0.717, 1.165) is 5.56 Å². The number of nitrogens with zero attached hydrogens (tertiary/aromatic N) is 1. The smallest absolute Gasteiger partial charge is 0.255 e. The molecule has 0 aliphatic carbocycles. The minimum absolute atomic E-state index is 0.138. The molecule has 1 heterocycles. The van der Waals surface area contributed by atoms with Crippen LogP contribution in [-0.4, -0.2) is 4.98 Å². The summed E-state index contributed by atoms with van der Waals surface area (Å²) in [5, 5.41) is 0. The van der Waals surface area contributed by atoms with Gasteiger partial charge in [0, 0.05) is 6.20 Å². The van der Waals surface area contributed by atoms with Gasteiger partial charge >= 0.3 is 0 Å². The van der Waals surface area contributed by atoms with E-state index >= 15 is 0 Å². The van der Waals surface area contributed by atoms with Crippen LogP contribution in [-0.2, 0) is 0 Å². The van der Waals surface area contributed by atoms with Crippen LogP contribution in [0.15, 0.2) is 18.3 Å². The molecule has 0 N–H and O–H groups in total. The lowest BCUT2D eigenvalue weighted by Gasteiger charge is -2.05. The highest BCUT2D eigenvalue weighted by Crippen LogP contribution is 2.20. The molecule has 3 heteroatoms. The standard InChI is InChI=1S/C9H11F2N/c1-6(2)7-3-4-12-8(5-7)9(10)11/h3-6,9H,1-2H3. The third kappa shape index (κ3) is 2.00. The molecule has 0 saturated carbocycles. The molecule has 66 valence electrons. The number of halogens is 2. The Bertz CT molecular complexity index is 235. The quantitative estimate of drug-likeness (QED) is 0.666. The van der Waals surface area contributed by atoms with Crippen molar-refractivity contribution in [2.45, 2.75) is 26.2 Å². The zero-order valence-corrected chi connectivity index (χ0v) is 7.09. The SMILES string of the molecule is CC(C)c1ccnc(C(F)F)c1. The van der Waals surface area contributed by atoms with Crippen molar-refractivity contribution in [3.63, 3.8) is 0 Å². The van der Waals surface area contributed by atoms with Gasteiger partial charge in [0.25, 0.3) is 6.43 Å². The maximum absolute atomic E-state index is 12.1. The minimum atomic E-state index is -2.47. The third-order valence-corrected chi connectivity index (χ3v) is 1.70. The van der Waals surface area contributed by atoms with Crippen LogP contribution in [0.25, 0.3) is 0 Å². The van der Waals surface area contributed by atoms with Crippen molar-refractivity contribution in [2.75, 3.05) is 0 Å². The van der Waals surface area contributed by atoms with Gasteiger partial charge < -0.3 is 0 Å². The lowest BCUT2D eigenvalue weighted by atomic mass is 10.0. The number of pyridine rings is 1. The van der Waals surface area contributed by atoms with Gasteiger partial charge in [-0.1, -0.05) is 13.8 Å². The van der Waals surface area contributed by atoms with Crippen LogP contribution in [0.4, 0.5) is 8.78 Å². The van der Waals surface area contributed by atoms with Crippen molar-refractivity contribution in [2.24, 2.45) is 0 Å². The molecule has 0 fully saturated rings. The molecule has 0 amide bonds. The van der Waals surface area contributed by atoms with E-state index in [9.17, 15) is 8.78 Å². The molecule has 0 aromatic carbocycles. The van der Waals surface area contributed by atoms with Crippen LogP contribution in [0.5, 0.6) is 0 Å². The Balaban J connectivity index is 2.96. The first-order chi connectivity index (χ1) is 5.61. The zero-order chi connectivity index (χ0) is 9.14. The van der Waals surface area contributed by atoms with E-state index in [2.05, 4.69) is 4.98 Å². The molecule has 0 radical (unpaired) electrons. The monoisotopic (exact) mass is 171 g/mol. The fourth-order valence-corrected chi connectivity index (χ4v) is 0.944. The molecular formula is C9H11F2N. The second-order valence-corrected chi connectivity index (χ2v) is 2.97. The lowest BCUT2D eigenvalue weighted by Crippen LogP contribution is -1.93. The van der Waals surface area contributed by atoms with E-state index in [4.69, 9.17) is 0 Å². The molecule has 1 rings (SSSR count). The molecular weight excluding hydrogens is 160 g/mol. The summed E-state index contributed by atoms with van der Waals surface area (Å²) < 4.78 is 24.3. The van der Waals surface area contributed by atoms with Gasteiger partial charge in [0.15, 0.2) is 0 Å². The van der Waals surface area contributed by atoms with Gasteiger partial charge in [-0.15, -0.1) is 0 Å². The predicted molar refractivity (Wildman–Crippen MR) is 43.3 cm³/mol. The Morgan fingerprint density at radius 2 is 2.00 bits per heavy atom. The van der Waals surface area contributed by atoms with E-state index in [0.29, 0.717) is 0 Å². The molecule has 0 bridgehead atoms. The Kier molecular flexibility index (Phi) is 2.74. The fraction of sp³-hybridized carbons (Fsp3) is 0.444. The van der Waals surface area contributed by atoms with Gasteiger partial charge in [0.1, 0.15) is 5.69 Å². The fourth-order valence-electron chi connectivity index (χ4n) is 0.944. The second kappa shape index (κ2) is 3.61. The average Bonchev–Trinajstić information content (AvgIpc) is 2.04. The summed E-state index contributed by atoms with van der Waals surface area (Å²) in [4.78, 5) is 3.57. The highest BCUT2D eigenvalue weighted by molar-refractivity contribution is 5.19. The Morgan fingerprint density at radius 3 is 2.50 bits per heavy atom. The Labute approximate surface area is 70.4 Å². The first-order valence-electron chi connectivity index (χ1n) is 3.85. The van der Waals surface area contributed by atoms with Crippen molar-refractivity contribution < 1.29 is 8.78 Å². The summed E-state index contributed by atoms with van der Waals surface area (Å²) in [6.07, 6.45) is -1.04. The molecule has 0 unspecified atom stereocenters. The van der Waals surface area contributed by atoms with Gasteiger partial charge in [-0.3, -0.25) is 4.98 Å². The number of hydrogen-bond acceptors (Lipinski definition) is 1. The van der Waals surface area contributed by atoms with Crippen LogP contribution < -0.4 is 0 Å². The second-order valence-electron chi connectivity index (χ2n) is 2.97. The summed E-state index contributed by atoms with van der Waals surface area (Å²) in [6, 6.07) is 3.21. The molecule has 0 aliphatic rings. The number of alkyl halides is 2. The Morgan fingerprint density at radius 1 is 1.33 bits per heavy atom. The first kappa shape index (κ1) is 9.10. The van der Waals surface area contributed by atoms with Crippen LogP contribution in [0.3, 0.4) is 0 Å². The van der Waals surface area contributed by atoms with E-state index in [1.54, 1.807) is 6.07 Å². The molecule has 1 aromatic heterocycles. The van der Waals surface area contributed by atoms with Crippen LogP contribution in [0.2, 0.25) is 0 Å². The van der Waals surface area contributed by atoms with Gasteiger partial charge in [-0.2, -0.15) is 0 Å². The highest BCUT2D eigenvalue weighted by Gasteiger charge is 2.09. The van der Waals surface area contributed by atoms with Gasteiger partial charge in [0.05, 0.1) is 0 Å². The van der Waals surface area contributed by atoms with Gasteiger partial charge in [-0.25, -0.2) is 8.78 Å². The van der Waals surface area contributed by atoms with Crippen LogP contribution in [0, 0.1) is 0 Å². The Hall–Kier alpha value is -0.990. The predicted octanol–water partition coefficient (Wildman–Crippen LogP) is 3.14. The summed E-state index contributed by atoms with van der Waals surface area (Å²) in [5.74, 6) is 0.269. The molecule has 0 spiro atoms. The maximum Gasteiger partial charge on any atom is 0.280 e. The molecule has 0 aliphatic heterocycles. The summed E-state index contributed by atoms with van der Waals surface area (Å²) >= 11 is 0. The zero-order valence-electron chi connectivity index (χ0n) is 7.09. The van der Waals surface area contributed by atoms with E-state index in [1.165, 1.54) is 12.3 Å². The molecule has 12 heavy (non-hydrogen) atoms. The topological polar surface area (TPSA) is 12.9 Å². The summed E-state index contributed by atoms with van der Waals surface area (Å²) in [7, 11) is 0. The van der Waals surface area contributed by atoms with E-state index in [1.807, 2.05) is 13.8 Å². The van der Waals surface area contributed by atoms with Crippen LogP contribution in [0.1, 0.15) is 37.4 Å². The normalized spacial score (nSPS) is 11.2. The molecule has 1 nitrogen and oxygen atoms in total. The molecule has 0 saturated heterocycles. The van der Waals surface area contributed by atoms with Crippen molar-refractivity contribution in [3.05, 3.63) is 29.6 Å². The summed E-state index contributed by atoms with van der Waals surface area (Å²) in [5.41, 5.74) is 0.765. The minimum Gasteiger partial charge on any atom is -0.255 e. The first-order valence-corrected chi connectivity index (χ1v) is 3.85. The highest BCUT2D eigenvalue weighted by atomic mass is 19.3. The van der Waals surface area contributed by atoms with Crippen molar-refractivity contribution in [1.82, 2.24) is 4.98 Å². The lowest BCUT2D eigenvalue weighted by molar-refractivity contribution is 0.146. The number of aromatic nitrogens is 1. The van der Waals surface area contributed by atoms with Crippen LogP contribution >= 0.6 is 0 Å². The number of rotatable bonds is 2. The van der Waals surface area contributed by atoms with Crippen molar-refractivity contribution >= 4 is 0 Å². The van der Waals surface area contributed by atoms with Gasteiger partial charge in [0.2, 0.25) is 0 Å². The average molecular weight is 171 g/mol. The number of hydrogen-bond donors (Lipinski definition) is 0. The van der Waals surface area contributed by atoms with E-state index < -0.39 is 6.43 Å². The van der Waals surface area contributed by atoms with Gasteiger partial charge in [-0.05, 0) is 23.6 Å². The van der Waals surface area contributed by atoms with E-state index in [-0.39, 0.29) is 11.6 Å². The molecule has 1 aromatic rings.